The Morgan fingerprint density at radius 1 is 1.27 bits per heavy atom. The summed E-state index contributed by atoms with van der Waals surface area (Å²) in [6.07, 6.45) is 0. The van der Waals surface area contributed by atoms with Crippen molar-refractivity contribution < 1.29 is 9.59 Å². The quantitative estimate of drug-likeness (QED) is 0.721. The molecule has 0 bridgehead atoms. The number of para-hydroxylation sites is 1. The number of ketones is 1. The highest BCUT2D eigenvalue weighted by Gasteiger charge is 2.36. The van der Waals surface area contributed by atoms with E-state index < -0.39 is 5.66 Å². The van der Waals surface area contributed by atoms with E-state index >= 15 is 0 Å². The molecule has 1 aliphatic rings. The van der Waals surface area contributed by atoms with Crippen LogP contribution in [0.2, 0.25) is 0 Å². The summed E-state index contributed by atoms with van der Waals surface area (Å²) in [5.74, 6) is -0.340. The fraction of sp³-hybridized carbons (Fsp3) is 0.273. The molecule has 0 aromatic heterocycles. The smallest absolute Gasteiger partial charge is 0.255 e. The summed E-state index contributed by atoms with van der Waals surface area (Å²) in [5, 5.41) is 5.67. The molecule has 4 nitrogen and oxygen atoms in total. The minimum Gasteiger partial charge on any atom is -0.356 e. The third-order valence-corrected chi connectivity index (χ3v) is 2.62. The molecule has 0 spiro atoms. The molecule has 0 saturated carbocycles. The van der Waals surface area contributed by atoms with Gasteiger partial charge in [-0.2, -0.15) is 0 Å². The molecule has 1 aromatic rings. The molecular weight excluding hydrogens is 192 g/mol. The summed E-state index contributed by atoms with van der Waals surface area (Å²) in [5.41, 5.74) is 0.265. The summed E-state index contributed by atoms with van der Waals surface area (Å²) in [6.45, 7) is 3.10. The molecular formula is C11H12N2O2. The third kappa shape index (κ3) is 1.48. The van der Waals surface area contributed by atoms with Crippen molar-refractivity contribution in [3.8, 4) is 0 Å². The van der Waals surface area contributed by atoms with E-state index in [0.717, 1.165) is 0 Å². The Balaban J connectivity index is 2.47. The topological polar surface area (TPSA) is 58.2 Å². The highest BCUT2D eigenvalue weighted by Crippen LogP contribution is 2.24. The van der Waals surface area contributed by atoms with Crippen LogP contribution in [0.1, 0.15) is 24.2 Å². The van der Waals surface area contributed by atoms with Crippen molar-refractivity contribution in [1.82, 2.24) is 5.32 Å². The third-order valence-electron chi connectivity index (χ3n) is 2.62. The Kier molecular flexibility index (Phi) is 2.00. The maximum Gasteiger partial charge on any atom is 0.255 e. The van der Waals surface area contributed by atoms with Gasteiger partial charge in [-0.1, -0.05) is 12.1 Å². The second kappa shape index (κ2) is 3.08. The molecule has 0 radical (unpaired) electrons. The van der Waals surface area contributed by atoms with Crippen molar-refractivity contribution in [2.75, 3.05) is 5.32 Å². The zero-order chi connectivity index (χ0) is 11.1. The number of hydrogen-bond donors (Lipinski definition) is 2. The highest BCUT2D eigenvalue weighted by molar-refractivity contribution is 6.06. The van der Waals surface area contributed by atoms with E-state index in [1.54, 1.807) is 25.1 Å². The van der Waals surface area contributed by atoms with Gasteiger partial charge in [0.05, 0.1) is 5.56 Å². The van der Waals surface area contributed by atoms with Crippen molar-refractivity contribution in [3.05, 3.63) is 29.8 Å². The molecule has 0 fully saturated rings. The molecule has 1 amide bonds. The minimum atomic E-state index is -0.995. The fourth-order valence-electron chi connectivity index (χ4n) is 1.56. The van der Waals surface area contributed by atoms with Crippen LogP contribution in [0.15, 0.2) is 24.3 Å². The van der Waals surface area contributed by atoms with Crippen LogP contribution >= 0.6 is 0 Å². The second-order valence-electron chi connectivity index (χ2n) is 3.81. The number of fused-ring (bicyclic) bond motifs is 1. The summed E-state index contributed by atoms with van der Waals surface area (Å²) in [4.78, 5) is 23.1. The fourth-order valence-corrected chi connectivity index (χ4v) is 1.56. The van der Waals surface area contributed by atoms with E-state index in [0.29, 0.717) is 11.3 Å². The molecule has 1 unspecified atom stereocenters. The molecule has 1 atom stereocenters. The van der Waals surface area contributed by atoms with Gasteiger partial charge in [0.25, 0.3) is 5.91 Å². The van der Waals surface area contributed by atoms with E-state index in [2.05, 4.69) is 10.6 Å². The van der Waals surface area contributed by atoms with Gasteiger partial charge < -0.3 is 10.6 Å². The van der Waals surface area contributed by atoms with Gasteiger partial charge in [-0.3, -0.25) is 9.59 Å². The van der Waals surface area contributed by atoms with E-state index in [1.165, 1.54) is 6.92 Å². The van der Waals surface area contributed by atoms with Crippen molar-refractivity contribution in [2.45, 2.75) is 19.5 Å². The lowest BCUT2D eigenvalue weighted by atomic mass is 10.0. The standard InChI is InChI=1S/C11H12N2O2/c1-7(14)11(2)12-9-6-4-3-5-8(9)10(15)13-11/h3-6,12H,1-2H3,(H,13,15). The lowest BCUT2D eigenvalue weighted by Gasteiger charge is -2.35. The predicted molar refractivity (Wildman–Crippen MR) is 56.6 cm³/mol. The Bertz CT molecular complexity index is 442. The van der Waals surface area contributed by atoms with Gasteiger partial charge in [0.1, 0.15) is 0 Å². The number of anilines is 1. The Hall–Kier alpha value is -1.84. The number of amides is 1. The van der Waals surface area contributed by atoms with Gasteiger partial charge in [0.2, 0.25) is 0 Å². The van der Waals surface area contributed by atoms with E-state index in [-0.39, 0.29) is 11.7 Å². The largest absolute Gasteiger partial charge is 0.356 e. The molecule has 2 rings (SSSR count). The molecule has 0 aliphatic carbocycles. The number of nitrogens with one attached hydrogen (secondary N) is 2. The number of rotatable bonds is 1. The number of hydrogen-bond acceptors (Lipinski definition) is 3. The first-order chi connectivity index (χ1) is 7.03. The van der Waals surface area contributed by atoms with Gasteiger partial charge in [-0.25, -0.2) is 0 Å². The first-order valence-corrected chi connectivity index (χ1v) is 4.74. The maximum absolute atomic E-state index is 11.7. The van der Waals surface area contributed by atoms with Crippen LogP contribution in [0, 0.1) is 0 Å². The van der Waals surface area contributed by atoms with Crippen LogP contribution < -0.4 is 10.6 Å². The van der Waals surface area contributed by atoms with Crippen LogP contribution in [0.4, 0.5) is 5.69 Å². The average Bonchev–Trinajstić information content (AvgIpc) is 2.17. The molecule has 0 saturated heterocycles. The molecule has 78 valence electrons. The molecule has 15 heavy (non-hydrogen) atoms. The number of carbonyl (C=O) groups excluding carboxylic acids is 2. The number of carbonyl (C=O) groups is 2. The summed E-state index contributed by atoms with van der Waals surface area (Å²) < 4.78 is 0. The first-order valence-electron chi connectivity index (χ1n) is 4.74. The minimum absolute atomic E-state index is 0.120. The predicted octanol–water partition coefficient (Wildman–Crippen LogP) is 1.15. The zero-order valence-corrected chi connectivity index (χ0v) is 8.63. The van der Waals surface area contributed by atoms with Crippen LogP contribution in [-0.2, 0) is 4.79 Å². The first kappa shape index (κ1) is 9.71. The number of benzene rings is 1. The van der Waals surface area contributed by atoms with Crippen molar-refractivity contribution in [3.63, 3.8) is 0 Å². The van der Waals surface area contributed by atoms with Crippen LogP contribution in [0.5, 0.6) is 0 Å². The summed E-state index contributed by atoms with van der Waals surface area (Å²) in [7, 11) is 0. The lowest BCUT2D eigenvalue weighted by molar-refractivity contribution is -0.121. The molecule has 1 aliphatic heterocycles. The van der Waals surface area contributed by atoms with Crippen molar-refractivity contribution in [2.24, 2.45) is 0 Å². The highest BCUT2D eigenvalue weighted by atomic mass is 16.2. The van der Waals surface area contributed by atoms with Crippen LogP contribution in [0.3, 0.4) is 0 Å². The van der Waals surface area contributed by atoms with Crippen LogP contribution in [-0.4, -0.2) is 17.4 Å². The Morgan fingerprint density at radius 3 is 2.60 bits per heavy atom. The van der Waals surface area contributed by atoms with Crippen molar-refractivity contribution in [1.29, 1.82) is 0 Å². The van der Waals surface area contributed by atoms with Crippen LogP contribution in [0.25, 0.3) is 0 Å². The maximum atomic E-state index is 11.7. The molecule has 1 aromatic carbocycles. The van der Waals surface area contributed by atoms with E-state index in [1.807, 2.05) is 6.07 Å². The van der Waals surface area contributed by atoms with E-state index in [4.69, 9.17) is 0 Å². The second-order valence-corrected chi connectivity index (χ2v) is 3.81. The summed E-state index contributed by atoms with van der Waals surface area (Å²) >= 11 is 0. The molecule has 1 heterocycles. The lowest BCUT2D eigenvalue weighted by Crippen LogP contribution is -2.59. The summed E-state index contributed by atoms with van der Waals surface area (Å²) in [6, 6.07) is 7.12. The average molecular weight is 204 g/mol. The van der Waals surface area contributed by atoms with Gasteiger partial charge in [0.15, 0.2) is 11.4 Å². The van der Waals surface area contributed by atoms with Crippen molar-refractivity contribution >= 4 is 17.4 Å². The number of Topliss-reactive ketones (excluding diaryl/α,β-unsaturated/α-hetero) is 1. The molecule has 4 heteroatoms. The monoisotopic (exact) mass is 204 g/mol. The van der Waals surface area contributed by atoms with E-state index in [9.17, 15) is 9.59 Å². The Labute approximate surface area is 87.7 Å². The van der Waals surface area contributed by atoms with Gasteiger partial charge >= 0.3 is 0 Å². The SMILES string of the molecule is CC(=O)C1(C)NC(=O)c2ccccc2N1. The van der Waals surface area contributed by atoms with Gasteiger partial charge in [-0.15, -0.1) is 0 Å². The normalized spacial score (nSPS) is 23.7. The Morgan fingerprint density at radius 2 is 1.93 bits per heavy atom. The molecule has 2 N–H and O–H groups in total. The zero-order valence-electron chi connectivity index (χ0n) is 8.63. The van der Waals surface area contributed by atoms with Gasteiger partial charge in [0, 0.05) is 5.69 Å². The van der Waals surface area contributed by atoms with Gasteiger partial charge in [-0.05, 0) is 26.0 Å².